The SMILES string of the molecule is COc1ccc2ncc(Cl)c(C(O)CCC3(C(=O)O)CCN(CC#Cc4ccc(C)c(F)c4)CC3)c2c1. The van der Waals surface area contributed by atoms with Gasteiger partial charge in [-0.25, -0.2) is 4.39 Å². The number of halogens is 2. The molecule has 0 aliphatic carbocycles. The second-order valence-corrected chi connectivity index (χ2v) is 9.99. The number of aliphatic carboxylic acids is 1. The number of aliphatic hydroxyl groups excluding tert-OH is 1. The maximum absolute atomic E-state index is 13.7. The Hall–Kier alpha value is -3.18. The Morgan fingerprint density at radius 3 is 2.70 bits per heavy atom. The number of hydrogen-bond acceptors (Lipinski definition) is 5. The van der Waals surface area contributed by atoms with Crippen LogP contribution in [0, 0.1) is 30.0 Å². The molecule has 1 unspecified atom stereocenters. The number of nitrogens with zero attached hydrogens (tertiary/aromatic N) is 2. The molecule has 2 aromatic carbocycles. The van der Waals surface area contributed by atoms with E-state index in [-0.39, 0.29) is 12.2 Å². The number of rotatable bonds is 7. The van der Waals surface area contributed by atoms with E-state index in [4.69, 9.17) is 16.3 Å². The number of pyridine rings is 1. The summed E-state index contributed by atoms with van der Waals surface area (Å²) in [6, 6.07) is 10.3. The van der Waals surface area contributed by atoms with Gasteiger partial charge in [0.2, 0.25) is 0 Å². The van der Waals surface area contributed by atoms with E-state index in [2.05, 4.69) is 21.7 Å². The molecule has 1 aliphatic heterocycles. The largest absolute Gasteiger partial charge is 0.497 e. The minimum Gasteiger partial charge on any atom is -0.497 e. The number of hydrogen-bond donors (Lipinski definition) is 2. The molecule has 1 aliphatic rings. The summed E-state index contributed by atoms with van der Waals surface area (Å²) in [6.07, 6.45) is 2.03. The third-order valence-corrected chi connectivity index (χ3v) is 7.57. The Kier molecular flexibility index (Phi) is 8.33. The zero-order valence-corrected chi connectivity index (χ0v) is 21.7. The lowest BCUT2D eigenvalue weighted by Crippen LogP contribution is -2.44. The number of carbonyl (C=O) groups is 1. The van der Waals surface area contributed by atoms with Gasteiger partial charge in [0.1, 0.15) is 11.6 Å². The molecule has 2 N–H and O–H groups in total. The lowest BCUT2D eigenvalue weighted by molar-refractivity contribution is -0.153. The van der Waals surface area contributed by atoms with Crippen molar-refractivity contribution in [2.45, 2.75) is 38.7 Å². The third kappa shape index (κ3) is 6.04. The van der Waals surface area contributed by atoms with Gasteiger partial charge in [-0.3, -0.25) is 14.7 Å². The fourth-order valence-electron chi connectivity index (χ4n) is 4.82. The fourth-order valence-corrected chi connectivity index (χ4v) is 5.10. The average molecular weight is 525 g/mol. The van der Waals surface area contributed by atoms with Crippen LogP contribution in [0.25, 0.3) is 10.9 Å². The smallest absolute Gasteiger partial charge is 0.309 e. The maximum Gasteiger partial charge on any atom is 0.309 e. The first-order chi connectivity index (χ1) is 17.7. The van der Waals surface area contributed by atoms with Crippen molar-refractivity contribution in [2.24, 2.45) is 5.41 Å². The van der Waals surface area contributed by atoms with Crippen molar-refractivity contribution >= 4 is 28.5 Å². The number of piperidine rings is 1. The summed E-state index contributed by atoms with van der Waals surface area (Å²) >= 11 is 6.42. The summed E-state index contributed by atoms with van der Waals surface area (Å²) in [4.78, 5) is 18.8. The van der Waals surface area contributed by atoms with Crippen LogP contribution in [0.1, 0.15) is 48.5 Å². The first-order valence-electron chi connectivity index (χ1n) is 12.2. The molecule has 1 fully saturated rings. The topological polar surface area (TPSA) is 82.9 Å². The Morgan fingerprint density at radius 2 is 2.03 bits per heavy atom. The number of aryl methyl sites for hydroxylation is 1. The zero-order valence-electron chi connectivity index (χ0n) is 20.9. The quantitative estimate of drug-likeness (QED) is 0.404. The lowest BCUT2D eigenvalue weighted by atomic mass is 9.74. The van der Waals surface area contributed by atoms with Gasteiger partial charge >= 0.3 is 5.97 Å². The van der Waals surface area contributed by atoms with Gasteiger partial charge in [-0.2, -0.15) is 0 Å². The van der Waals surface area contributed by atoms with Gasteiger partial charge in [0.15, 0.2) is 0 Å². The number of methoxy groups -OCH3 is 1. The Balaban J connectivity index is 1.41. The summed E-state index contributed by atoms with van der Waals surface area (Å²) in [5.74, 6) is 5.54. The summed E-state index contributed by atoms with van der Waals surface area (Å²) in [5.41, 5.74) is 1.48. The van der Waals surface area contributed by atoms with Crippen LogP contribution >= 0.6 is 11.6 Å². The van der Waals surface area contributed by atoms with E-state index >= 15 is 0 Å². The Bertz CT molecular complexity index is 1360. The standard InChI is InChI=1S/C29H30ClFN2O4/c1-19-5-6-20(16-24(19)31)4-3-13-33-14-11-29(12-15-33,28(35)36)10-9-26(34)27-22-17-21(37-2)7-8-25(22)32-18-23(27)30/h5-8,16-18,26,34H,9-15H2,1-2H3,(H,35,36). The summed E-state index contributed by atoms with van der Waals surface area (Å²) in [7, 11) is 1.56. The van der Waals surface area contributed by atoms with Gasteiger partial charge in [-0.15, -0.1) is 0 Å². The number of fused-ring (bicyclic) bond motifs is 1. The van der Waals surface area contributed by atoms with Crippen LogP contribution in [0.15, 0.2) is 42.6 Å². The molecule has 0 radical (unpaired) electrons. The van der Waals surface area contributed by atoms with E-state index in [0.29, 0.717) is 77.3 Å². The molecule has 1 saturated heterocycles. The van der Waals surface area contributed by atoms with Gasteiger partial charge in [-0.1, -0.05) is 29.5 Å². The Morgan fingerprint density at radius 1 is 1.27 bits per heavy atom. The van der Waals surface area contributed by atoms with Crippen LogP contribution in [0.4, 0.5) is 4.39 Å². The van der Waals surface area contributed by atoms with Gasteiger partial charge in [0.25, 0.3) is 0 Å². The number of ether oxygens (including phenoxy) is 1. The maximum atomic E-state index is 13.7. The van der Waals surface area contributed by atoms with Crippen molar-refractivity contribution in [3.63, 3.8) is 0 Å². The molecule has 3 aromatic rings. The van der Waals surface area contributed by atoms with Crippen LogP contribution in [-0.4, -0.2) is 52.8 Å². The van der Waals surface area contributed by atoms with Crippen molar-refractivity contribution in [3.8, 4) is 17.6 Å². The van der Waals surface area contributed by atoms with E-state index in [1.54, 1.807) is 44.4 Å². The molecule has 0 saturated carbocycles. The highest BCUT2D eigenvalue weighted by molar-refractivity contribution is 6.32. The number of carboxylic acids is 1. The molecule has 0 spiro atoms. The second kappa shape index (κ2) is 11.5. The Labute approximate surface area is 221 Å². The van der Waals surface area contributed by atoms with E-state index in [0.717, 1.165) is 0 Å². The first-order valence-corrected chi connectivity index (χ1v) is 12.6. The molecule has 1 atom stereocenters. The average Bonchev–Trinajstić information content (AvgIpc) is 2.89. The van der Waals surface area contributed by atoms with E-state index in [9.17, 15) is 19.4 Å². The number of likely N-dealkylation sites (tertiary alicyclic amines) is 1. The van der Waals surface area contributed by atoms with Crippen LogP contribution in [0.2, 0.25) is 5.02 Å². The minimum atomic E-state index is -0.944. The number of aliphatic hydroxyl groups is 1. The molecule has 4 rings (SSSR count). The monoisotopic (exact) mass is 524 g/mol. The number of carboxylic acid groups (broad SMARTS) is 1. The number of benzene rings is 2. The molecule has 6 nitrogen and oxygen atoms in total. The lowest BCUT2D eigenvalue weighted by Gasteiger charge is -2.38. The van der Waals surface area contributed by atoms with Crippen molar-refractivity contribution < 1.29 is 24.1 Å². The molecular weight excluding hydrogens is 495 g/mol. The van der Waals surface area contributed by atoms with E-state index < -0.39 is 17.5 Å². The van der Waals surface area contributed by atoms with Crippen molar-refractivity contribution in [3.05, 3.63) is 70.1 Å². The molecular formula is C29H30ClFN2O4. The fraction of sp³-hybridized carbons (Fsp3) is 0.379. The molecule has 37 heavy (non-hydrogen) atoms. The predicted molar refractivity (Wildman–Crippen MR) is 141 cm³/mol. The van der Waals surface area contributed by atoms with Crippen LogP contribution in [0.5, 0.6) is 5.75 Å². The van der Waals surface area contributed by atoms with E-state index in [1.165, 1.54) is 12.3 Å². The predicted octanol–water partition coefficient (Wildman–Crippen LogP) is 5.38. The molecule has 194 valence electrons. The second-order valence-electron chi connectivity index (χ2n) is 9.58. The molecule has 1 aromatic heterocycles. The van der Waals surface area contributed by atoms with Crippen molar-refractivity contribution in [1.29, 1.82) is 0 Å². The number of aromatic nitrogens is 1. The molecule has 8 heteroatoms. The van der Waals surface area contributed by atoms with Crippen LogP contribution in [0.3, 0.4) is 0 Å². The molecule has 0 amide bonds. The third-order valence-electron chi connectivity index (χ3n) is 7.27. The highest BCUT2D eigenvalue weighted by Gasteiger charge is 2.41. The van der Waals surface area contributed by atoms with Gasteiger partial charge in [0, 0.05) is 35.8 Å². The van der Waals surface area contributed by atoms with Crippen LogP contribution in [-0.2, 0) is 4.79 Å². The summed E-state index contributed by atoms with van der Waals surface area (Å²) < 4.78 is 19.0. The highest BCUT2D eigenvalue weighted by atomic mass is 35.5. The van der Waals surface area contributed by atoms with Crippen molar-refractivity contribution in [2.75, 3.05) is 26.7 Å². The first kappa shape index (κ1) is 26.9. The summed E-state index contributed by atoms with van der Waals surface area (Å²) in [6.45, 7) is 3.35. The van der Waals surface area contributed by atoms with Gasteiger partial charge in [-0.05, 0) is 68.5 Å². The molecule has 0 bridgehead atoms. The zero-order chi connectivity index (χ0) is 26.6. The van der Waals surface area contributed by atoms with Gasteiger partial charge < -0.3 is 14.9 Å². The van der Waals surface area contributed by atoms with E-state index in [1.807, 2.05) is 0 Å². The highest BCUT2D eigenvalue weighted by Crippen LogP contribution is 2.41. The van der Waals surface area contributed by atoms with Crippen LogP contribution < -0.4 is 4.74 Å². The summed E-state index contributed by atoms with van der Waals surface area (Å²) in [5, 5.41) is 22.2. The molecule has 2 heterocycles. The minimum absolute atomic E-state index is 0.251. The van der Waals surface area contributed by atoms with Gasteiger partial charge in [0.05, 0.1) is 35.7 Å². The normalized spacial score (nSPS) is 16.1. The van der Waals surface area contributed by atoms with Crippen molar-refractivity contribution in [1.82, 2.24) is 9.88 Å².